The van der Waals surface area contributed by atoms with Crippen LogP contribution in [0.15, 0.2) is 48.8 Å². The molecule has 0 aliphatic heterocycles. The van der Waals surface area contributed by atoms with Crippen molar-refractivity contribution >= 4 is 16.9 Å². The van der Waals surface area contributed by atoms with Crippen LogP contribution in [0.25, 0.3) is 22.2 Å². The minimum absolute atomic E-state index is 0.0128. The van der Waals surface area contributed by atoms with E-state index in [1.165, 1.54) is 12.1 Å². The average Bonchev–Trinajstić information content (AvgIpc) is 3.02. The molecular weight excluding hydrogens is 359 g/mol. The minimum atomic E-state index is -4.71. The van der Waals surface area contributed by atoms with Crippen molar-refractivity contribution in [3.63, 3.8) is 0 Å². The molecule has 142 valence electrons. The molecule has 27 heavy (non-hydrogen) atoms. The molecule has 0 saturated heterocycles. The van der Waals surface area contributed by atoms with Crippen LogP contribution in [-0.2, 0) is 11.3 Å². The number of ether oxygens (including phenoxy) is 1. The van der Waals surface area contributed by atoms with Gasteiger partial charge in [-0.25, -0.2) is 4.98 Å². The van der Waals surface area contributed by atoms with E-state index in [9.17, 15) is 18.0 Å². The highest BCUT2D eigenvalue weighted by Gasteiger charge is 2.30. The fourth-order valence-corrected chi connectivity index (χ4v) is 2.66. The number of carbonyl (C=O) groups is 1. The molecule has 2 aromatic carbocycles. The van der Waals surface area contributed by atoms with Gasteiger partial charge in [-0.1, -0.05) is 18.2 Å². The van der Waals surface area contributed by atoms with Crippen molar-refractivity contribution in [2.75, 3.05) is 13.6 Å². The zero-order valence-electron chi connectivity index (χ0n) is 14.8. The van der Waals surface area contributed by atoms with Gasteiger partial charge in [-0.15, -0.1) is 13.2 Å². The zero-order chi connectivity index (χ0) is 19.6. The van der Waals surface area contributed by atoms with Gasteiger partial charge in [0.05, 0.1) is 17.4 Å². The van der Waals surface area contributed by atoms with Gasteiger partial charge in [0.15, 0.2) is 0 Å². The third-order valence-corrected chi connectivity index (χ3v) is 4.25. The lowest BCUT2D eigenvalue weighted by Crippen LogP contribution is -2.29. The minimum Gasteiger partial charge on any atom is -0.406 e. The van der Waals surface area contributed by atoms with E-state index in [4.69, 9.17) is 0 Å². The summed E-state index contributed by atoms with van der Waals surface area (Å²) in [5, 5.41) is 0. The van der Waals surface area contributed by atoms with E-state index in [1.54, 1.807) is 35.0 Å². The van der Waals surface area contributed by atoms with E-state index in [1.807, 2.05) is 25.1 Å². The van der Waals surface area contributed by atoms with E-state index >= 15 is 0 Å². The number of fused-ring (bicyclic) bond motifs is 1. The lowest BCUT2D eigenvalue weighted by Gasteiger charge is -2.15. The number of nitrogens with zero attached hydrogens (tertiary/aromatic N) is 3. The Balaban J connectivity index is 1.82. The number of likely N-dealkylation sites (N-methyl/N-ethyl adjacent to an activating group) is 1. The predicted octanol–water partition coefficient (Wildman–Crippen LogP) is 4.08. The number of carbonyl (C=O) groups excluding carboxylic acids is 1. The van der Waals surface area contributed by atoms with Crippen molar-refractivity contribution in [3.05, 3.63) is 48.8 Å². The fourth-order valence-electron chi connectivity index (χ4n) is 2.66. The molecule has 0 aliphatic rings. The zero-order valence-corrected chi connectivity index (χ0v) is 14.8. The molecule has 0 radical (unpaired) electrons. The van der Waals surface area contributed by atoms with Crippen molar-refractivity contribution in [3.8, 4) is 16.9 Å². The van der Waals surface area contributed by atoms with E-state index in [2.05, 4.69) is 9.72 Å². The first-order valence-electron chi connectivity index (χ1n) is 8.32. The molecule has 3 rings (SSSR count). The van der Waals surface area contributed by atoms with Crippen molar-refractivity contribution in [1.29, 1.82) is 0 Å². The van der Waals surface area contributed by atoms with Gasteiger partial charge in [0.25, 0.3) is 0 Å². The summed E-state index contributed by atoms with van der Waals surface area (Å²) in [6, 6.07) is 11.2. The number of benzene rings is 2. The van der Waals surface area contributed by atoms with Gasteiger partial charge >= 0.3 is 6.36 Å². The quantitative estimate of drug-likeness (QED) is 0.673. The summed E-state index contributed by atoms with van der Waals surface area (Å²) in [5.74, 6) is -0.281. The Morgan fingerprint density at radius 3 is 2.44 bits per heavy atom. The van der Waals surface area contributed by atoms with Crippen molar-refractivity contribution in [2.24, 2.45) is 0 Å². The maximum absolute atomic E-state index is 12.2. The Morgan fingerprint density at radius 2 is 1.81 bits per heavy atom. The number of aromatic nitrogens is 2. The number of amides is 1. The van der Waals surface area contributed by atoms with Crippen LogP contribution in [0.4, 0.5) is 13.2 Å². The number of imidazole rings is 1. The van der Waals surface area contributed by atoms with Crippen LogP contribution in [0, 0.1) is 0 Å². The molecule has 3 aromatic rings. The van der Waals surface area contributed by atoms with Gasteiger partial charge in [-0.3, -0.25) is 4.79 Å². The third kappa shape index (κ3) is 4.39. The largest absolute Gasteiger partial charge is 0.573 e. The molecule has 0 fully saturated rings. The molecule has 0 N–H and O–H groups in total. The normalized spacial score (nSPS) is 11.6. The summed E-state index contributed by atoms with van der Waals surface area (Å²) < 4.78 is 42.4. The molecular formula is C19H18F3N3O2. The molecule has 0 spiro atoms. The predicted molar refractivity (Wildman–Crippen MR) is 95.2 cm³/mol. The Hall–Kier alpha value is -3.03. The summed E-state index contributed by atoms with van der Waals surface area (Å²) >= 11 is 0. The van der Waals surface area contributed by atoms with Crippen LogP contribution in [0.2, 0.25) is 0 Å². The second-order valence-electron chi connectivity index (χ2n) is 6.06. The van der Waals surface area contributed by atoms with Crippen LogP contribution >= 0.6 is 0 Å². The van der Waals surface area contributed by atoms with E-state index < -0.39 is 6.36 Å². The van der Waals surface area contributed by atoms with Crippen LogP contribution in [-0.4, -0.2) is 40.3 Å². The van der Waals surface area contributed by atoms with Gasteiger partial charge in [0.1, 0.15) is 12.3 Å². The molecule has 1 amide bonds. The van der Waals surface area contributed by atoms with Crippen molar-refractivity contribution in [2.45, 2.75) is 19.8 Å². The molecule has 0 bridgehead atoms. The molecule has 0 unspecified atom stereocenters. The van der Waals surface area contributed by atoms with Gasteiger partial charge in [-0.05, 0) is 42.3 Å². The number of hydrogen-bond acceptors (Lipinski definition) is 3. The van der Waals surface area contributed by atoms with Crippen LogP contribution in [0.1, 0.15) is 6.92 Å². The maximum Gasteiger partial charge on any atom is 0.573 e. The number of halogens is 3. The Kier molecular flexibility index (Phi) is 5.07. The fraction of sp³-hybridized carbons (Fsp3) is 0.263. The standard InChI is InChI=1S/C19H18F3N3O2/c1-3-24(2)18(26)11-25-12-23-16-10-14(6-9-17(16)25)13-4-7-15(8-5-13)27-19(20,21)22/h4-10,12H,3,11H2,1-2H3. The smallest absolute Gasteiger partial charge is 0.406 e. The van der Waals surface area contributed by atoms with Crippen LogP contribution in [0.5, 0.6) is 5.75 Å². The summed E-state index contributed by atoms with van der Waals surface area (Å²) in [6.45, 7) is 2.73. The topological polar surface area (TPSA) is 47.4 Å². The third-order valence-electron chi connectivity index (χ3n) is 4.25. The lowest BCUT2D eigenvalue weighted by atomic mass is 10.1. The molecule has 0 atom stereocenters. The first kappa shape index (κ1) is 18.8. The SMILES string of the molecule is CCN(C)C(=O)Cn1cnc2cc(-c3ccc(OC(F)(F)F)cc3)ccc21. The summed E-state index contributed by atoms with van der Waals surface area (Å²) in [4.78, 5) is 18.0. The molecule has 8 heteroatoms. The Morgan fingerprint density at radius 1 is 1.15 bits per heavy atom. The second-order valence-corrected chi connectivity index (χ2v) is 6.06. The number of alkyl halides is 3. The molecule has 0 saturated carbocycles. The molecule has 1 aromatic heterocycles. The van der Waals surface area contributed by atoms with Crippen LogP contribution in [0.3, 0.4) is 0 Å². The van der Waals surface area contributed by atoms with Crippen molar-refractivity contribution in [1.82, 2.24) is 14.5 Å². The van der Waals surface area contributed by atoms with E-state index in [0.717, 1.165) is 16.6 Å². The number of hydrogen-bond donors (Lipinski definition) is 0. The summed E-state index contributed by atoms with van der Waals surface area (Å²) in [6.07, 6.45) is -3.10. The number of rotatable bonds is 5. The van der Waals surface area contributed by atoms with Gasteiger partial charge < -0.3 is 14.2 Å². The second kappa shape index (κ2) is 7.30. The monoisotopic (exact) mass is 377 g/mol. The lowest BCUT2D eigenvalue weighted by molar-refractivity contribution is -0.274. The first-order valence-corrected chi connectivity index (χ1v) is 8.32. The summed E-state index contributed by atoms with van der Waals surface area (Å²) in [7, 11) is 1.74. The average molecular weight is 377 g/mol. The maximum atomic E-state index is 12.2. The Labute approximate surface area is 154 Å². The Bertz CT molecular complexity index is 949. The first-order chi connectivity index (χ1) is 12.8. The summed E-state index contributed by atoms with van der Waals surface area (Å²) in [5.41, 5.74) is 3.06. The van der Waals surface area contributed by atoms with Crippen LogP contribution < -0.4 is 4.74 Å². The molecule has 1 heterocycles. The highest BCUT2D eigenvalue weighted by Crippen LogP contribution is 2.28. The molecule has 5 nitrogen and oxygen atoms in total. The molecule has 0 aliphatic carbocycles. The van der Waals surface area contributed by atoms with E-state index in [-0.39, 0.29) is 18.2 Å². The highest BCUT2D eigenvalue weighted by molar-refractivity contribution is 5.84. The van der Waals surface area contributed by atoms with Gasteiger partial charge in [0.2, 0.25) is 5.91 Å². The van der Waals surface area contributed by atoms with E-state index in [0.29, 0.717) is 12.1 Å². The van der Waals surface area contributed by atoms with Gasteiger partial charge in [0, 0.05) is 13.6 Å². The van der Waals surface area contributed by atoms with Crippen molar-refractivity contribution < 1.29 is 22.7 Å². The van der Waals surface area contributed by atoms with Gasteiger partial charge in [-0.2, -0.15) is 0 Å². The highest BCUT2D eigenvalue weighted by atomic mass is 19.4.